The van der Waals surface area contributed by atoms with Gasteiger partial charge in [-0.3, -0.25) is 4.79 Å². The van der Waals surface area contributed by atoms with Crippen molar-refractivity contribution in [2.45, 2.75) is 11.8 Å². The molecule has 0 N–H and O–H groups in total. The molecule has 0 bridgehead atoms. The number of nitrogens with zero attached hydrogens (tertiary/aromatic N) is 2. The summed E-state index contributed by atoms with van der Waals surface area (Å²) in [6.07, 6.45) is 0. The van der Waals surface area contributed by atoms with E-state index in [0.717, 1.165) is 4.31 Å². The molecule has 2 aromatic carbocycles. The molecule has 0 saturated heterocycles. The highest BCUT2D eigenvalue weighted by Gasteiger charge is 2.25. The highest BCUT2D eigenvalue weighted by molar-refractivity contribution is 7.89. The van der Waals surface area contributed by atoms with Crippen LogP contribution in [0.4, 0.5) is 0 Å². The molecule has 10 heteroatoms. The van der Waals surface area contributed by atoms with Crippen molar-refractivity contribution in [3.63, 3.8) is 0 Å². The van der Waals surface area contributed by atoms with Crippen LogP contribution in [0.2, 0.25) is 15.1 Å². The number of sulfonamides is 1. The van der Waals surface area contributed by atoms with Gasteiger partial charge in [0.15, 0.2) is 5.75 Å². The van der Waals surface area contributed by atoms with E-state index in [0.29, 0.717) is 26.6 Å². The number of aryl methyl sites for hydroxylation is 1. The molecule has 152 valence electrons. The van der Waals surface area contributed by atoms with Gasteiger partial charge in [-0.25, -0.2) is 13.4 Å². The first kappa shape index (κ1) is 21.8. The smallest absolute Gasteiger partial charge is 0.326 e. The zero-order valence-electron chi connectivity index (χ0n) is 15.3. The van der Waals surface area contributed by atoms with Crippen molar-refractivity contribution in [1.82, 2.24) is 9.29 Å². The summed E-state index contributed by atoms with van der Waals surface area (Å²) in [6.45, 7) is 1.24. The van der Waals surface area contributed by atoms with Crippen LogP contribution in [0.25, 0.3) is 10.9 Å². The number of hydrogen-bond acceptors (Lipinski definition) is 5. The summed E-state index contributed by atoms with van der Waals surface area (Å²) in [6, 6.07) is 10.6. The van der Waals surface area contributed by atoms with Crippen LogP contribution in [-0.4, -0.2) is 37.3 Å². The monoisotopic (exact) mass is 472 g/mol. The first-order chi connectivity index (χ1) is 13.6. The minimum absolute atomic E-state index is 0.00414. The molecule has 0 aliphatic rings. The summed E-state index contributed by atoms with van der Waals surface area (Å²) in [4.78, 5) is 16.8. The number of esters is 1. The normalized spacial score (nSPS) is 11.8. The lowest BCUT2D eigenvalue weighted by molar-refractivity contribution is -0.134. The molecule has 0 spiro atoms. The van der Waals surface area contributed by atoms with E-state index < -0.39 is 22.5 Å². The molecule has 6 nitrogen and oxygen atoms in total. The van der Waals surface area contributed by atoms with Crippen molar-refractivity contribution in [1.29, 1.82) is 0 Å². The first-order valence-corrected chi connectivity index (χ1v) is 10.8. The molecule has 0 aliphatic heterocycles. The first-order valence-electron chi connectivity index (χ1n) is 8.27. The number of aromatic nitrogens is 1. The number of halogens is 3. The minimum Gasteiger partial charge on any atom is -0.422 e. The molecular weight excluding hydrogens is 459 g/mol. The molecular formula is C19H15Cl3N2O4S. The van der Waals surface area contributed by atoms with E-state index in [9.17, 15) is 13.2 Å². The second kappa shape index (κ2) is 8.45. The third-order valence-corrected chi connectivity index (χ3v) is 6.73. The topological polar surface area (TPSA) is 76.6 Å². The Hall–Kier alpha value is -1.90. The van der Waals surface area contributed by atoms with Gasteiger partial charge in [-0.1, -0.05) is 34.8 Å². The van der Waals surface area contributed by atoms with Gasteiger partial charge in [-0.2, -0.15) is 4.31 Å². The lowest BCUT2D eigenvalue weighted by Gasteiger charge is -2.17. The van der Waals surface area contributed by atoms with Crippen LogP contribution in [0.1, 0.15) is 5.69 Å². The number of pyridine rings is 1. The molecule has 1 aromatic heterocycles. The highest BCUT2D eigenvalue weighted by Crippen LogP contribution is 2.37. The van der Waals surface area contributed by atoms with Crippen molar-refractivity contribution in [2.24, 2.45) is 0 Å². The summed E-state index contributed by atoms with van der Waals surface area (Å²) in [5.41, 5.74) is 0.995. The predicted molar refractivity (Wildman–Crippen MR) is 113 cm³/mol. The number of hydrogen-bond donors (Lipinski definition) is 0. The minimum atomic E-state index is -3.91. The van der Waals surface area contributed by atoms with Crippen LogP contribution in [0.5, 0.6) is 5.75 Å². The number of rotatable bonds is 5. The van der Waals surface area contributed by atoms with Crippen LogP contribution < -0.4 is 4.74 Å². The Morgan fingerprint density at radius 3 is 2.38 bits per heavy atom. The van der Waals surface area contributed by atoms with E-state index in [2.05, 4.69) is 4.98 Å². The zero-order chi connectivity index (χ0) is 21.3. The second-order valence-corrected chi connectivity index (χ2v) is 9.50. The summed E-state index contributed by atoms with van der Waals surface area (Å²) < 4.78 is 31.5. The largest absolute Gasteiger partial charge is 0.422 e. The number of likely N-dealkylation sites (N-methyl/N-ethyl adjacent to an activating group) is 1. The van der Waals surface area contributed by atoms with Crippen LogP contribution in [0.15, 0.2) is 47.4 Å². The van der Waals surface area contributed by atoms with E-state index in [1.807, 2.05) is 0 Å². The van der Waals surface area contributed by atoms with E-state index in [4.69, 9.17) is 39.5 Å². The molecule has 0 saturated carbocycles. The van der Waals surface area contributed by atoms with Gasteiger partial charge < -0.3 is 4.74 Å². The molecule has 0 fully saturated rings. The average molecular weight is 474 g/mol. The Labute approximate surface area is 183 Å². The maximum Gasteiger partial charge on any atom is 0.326 e. The van der Waals surface area contributed by atoms with Gasteiger partial charge >= 0.3 is 5.97 Å². The molecule has 0 aliphatic carbocycles. The van der Waals surface area contributed by atoms with E-state index in [-0.39, 0.29) is 15.7 Å². The quantitative estimate of drug-likeness (QED) is 0.395. The maximum atomic E-state index is 12.6. The number of fused-ring (bicyclic) bond motifs is 1. The number of carbonyl (C=O) groups excluding carboxylic acids is 1. The van der Waals surface area contributed by atoms with Crippen LogP contribution in [0, 0.1) is 6.92 Å². The Morgan fingerprint density at radius 1 is 1.07 bits per heavy atom. The number of carbonyl (C=O) groups is 1. The van der Waals surface area contributed by atoms with Crippen molar-refractivity contribution in [3.8, 4) is 5.75 Å². The van der Waals surface area contributed by atoms with Gasteiger partial charge in [0.05, 0.1) is 14.9 Å². The Bertz CT molecular complexity index is 1200. The number of ether oxygens (including phenoxy) is 1. The Balaban J connectivity index is 1.86. The SMILES string of the molecule is Cc1ccc2c(Cl)cc(Cl)c(OC(=O)CN(C)S(=O)(=O)c3ccc(Cl)cc3)c2n1. The molecule has 3 rings (SSSR count). The molecule has 0 radical (unpaired) electrons. The third-order valence-electron chi connectivity index (χ3n) is 4.07. The zero-order valence-corrected chi connectivity index (χ0v) is 18.4. The maximum absolute atomic E-state index is 12.6. The molecule has 0 atom stereocenters. The summed E-state index contributed by atoms with van der Waals surface area (Å²) in [7, 11) is -2.63. The molecule has 29 heavy (non-hydrogen) atoms. The summed E-state index contributed by atoms with van der Waals surface area (Å²) >= 11 is 18.2. The van der Waals surface area contributed by atoms with E-state index in [1.165, 1.54) is 37.4 Å². The molecule has 0 amide bonds. The number of benzene rings is 2. The average Bonchev–Trinajstić information content (AvgIpc) is 2.65. The van der Waals surface area contributed by atoms with Gasteiger partial charge in [-0.15, -0.1) is 0 Å². The molecule has 1 heterocycles. The van der Waals surface area contributed by atoms with Crippen LogP contribution >= 0.6 is 34.8 Å². The van der Waals surface area contributed by atoms with Gasteiger partial charge in [0.2, 0.25) is 10.0 Å². The Kier molecular flexibility index (Phi) is 6.36. The van der Waals surface area contributed by atoms with Crippen molar-refractivity contribution >= 4 is 61.7 Å². The lowest BCUT2D eigenvalue weighted by atomic mass is 10.2. The molecule has 0 unspecified atom stereocenters. The second-order valence-electron chi connectivity index (χ2n) is 6.21. The fourth-order valence-electron chi connectivity index (χ4n) is 2.59. The van der Waals surface area contributed by atoms with Gasteiger partial charge in [0.1, 0.15) is 12.1 Å². The third kappa shape index (κ3) is 4.65. The van der Waals surface area contributed by atoms with Crippen molar-refractivity contribution in [3.05, 3.63) is 63.2 Å². The highest BCUT2D eigenvalue weighted by atomic mass is 35.5. The van der Waals surface area contributed by atoms with Gasteiger partial charge in [0.25, 0.3) is 0 Å². The van der Waals surface area contributed by atoms with Gasteiger partial charge in [-0.05, 0) is 49.4 Å². The fourth-order valence-corrected chi connectivity index (χ4v) is 4.38. The standard InChI is InChI=1S/C19H15Cl3N2O4S/c1-11-3-8-14-15(21)9-16(22)19(18(14)23-11)28-17(25)10-24(2)29(26,27)13-6-4-12(20)5-7-13/h3-9H,10H2,1-2H3. The van der Waals surface area contributed by atoms with Crippen molar-refractivity contribution < 1.29 is 17.9 Å². The van der Waals surface area contributed by atoms with E-state index >= 15 is 0 Å². The van der Waals surface area contributed by atoms with Crippen LogP contribution in [0.3, 0.4) is 0 Å². The summed E-state index contributed by atoms with van der Waals surface area (Å²) in [5, 5.41) is 1.42. The fraction of sp³-hybridized carbons (Fsp3) is 0.158. The Morgan fingerprint density at radius 2 is 1.72 bits per heavy atom. The van der Waals surface area contributed by atoms with E-state index in [1.54, 1.807) is 19.1 Å². The van der Waals surface area contributed by atoms with Crippen LogP contribution in [-0.2, 0) is 14.8 Å². The van der Waals surface area contributed by atoms with Crippen molar-refractivity contribution in [2.75, 3.05) is 13.6 Å². The van der Waals surface area contributed by atoms with Gasteiger partial charge in [0, 0.05) is 23.2 Å². The summed E-state index contributed by atoms with van der Waals surface area (Å²) in [5.74, 6) is -0.795. The lowest BCUT2D eigenvalue weighted by Crippen LogP contribution is -2.34. The predicted octanol–water partition coefficient (Wildman–Crippen LogP) is 4.73. The molecule has 3 aromatic rings.